The summed E-state index contributed by atoms with van der Waals surface area (Å²) in [4.78, 5) is 11.4. The molecule has 0 atom stereocenters. The van der Waals surface area contributed by atoms with Crippen molar-refractivity contribution in [3.63, 3.8) is 0 Å². The minimum Gasteiger partial charge on any atom is -0.460 e. The molecular weight excluding hydrogens is 318 g/mol. The largest absolute Gasteiger partial charge is 0.460 e. The van der Waals surface area contributed by atoms with E-state index in [0.29, 0.717) is 26.0 Å². The second kappa shape index (κ2) is 11.8. The van der Waals surface area contributed by atoms with Gasteiger partial charge >= 0.3 is 5.97 Å². The van der Waals surface area contributed by atoms with Gasteiger partial charge in [0.2, 0.25) is 0 Å². The summed E-state index contributed by atoms with van der Waals surface area (Å²) in [6.07, 6.45) is 5.12. The molecule has 1 aliphatic rings. The minimum atomic E-state index is -3.89. The Bertz CT molecular complexity index is 416. The Morgan fingerprint density at radius 2 is 1.74 bits per heavy atom. The first-order valence-corrected chi connectivity index (χ1v) is 10.4. The number of nitrogens with zero attached hydrogens (tertiary/aromatic N) is 1. The SMILES string of the molecule is CC.CCCC(=O)OCC[N+]1(CCCS(=O)(=O)O)CCCCC1. The lowest BCUT2D eigenvalue weighted by atomic mass is 10.1. The fourth-order valence-corrected chi connectivity index (χ4v) is 3.45. The quantitative estimate of drug-likeness (QED) is 0.392. The highest BCUT2D eigenvalue weighted by Gasteiger charge is 2.30. The van der Waals surface area contributed by atoms with E-state index in [2.05, 4.69) is 0 Å². The van der Waals surface area contributed by atoms with Crippen molar-refractivity contribution in [1.29, 1.82) is 0 Å². The van der Waals surface area contributed by atoms with Gasteiger partial charge in [0.1, 0.15) is 13.2 Å². The molecule has 23 heavy (non-hydrogen) atoms. The highest BCUT2D eigenvalue weighted by molar-refractivity contribution is 7.85. The monoisotopic (exact) mass is 352 g/mol. The van der Waals surface area contributed by atoms with Gasteiger partial charge in [-0.05, 0) is 25.7 Å². The lowest BCUT2D eigenvalue weighted by molar-refractivity contribution is -0.932. The van der Waals surface area contributed by atoms with Gasteiger partial charge in [-0.15, -0.1) is 0 Å². The van der Waals surface area contributed by atoms with Gasteiger partial charge in [-0.2, -0.15) is 8.42 Å². The van der Waals surface area contributed by atoms with Gasteiger partial charge in [0.05, 0.1) is 25.4 Å². The second-order valence-corrected chi connectivity index (χ2v) is 7.48. The summed E-state index contributed by atoms with van der Waals surface area (Å²) in [6.45, 7) is 9.78. The molecule has 0 bridgehead atoms. The van der Waals surface area contributed by atoms with Crippen LogP contribution >= 0.6 is 0 Å². The van der Waals surface area contributed by atoms with E-state index in [1.165, 1.54) is 6.42 Å². The van der Waals surface area contributed by atoms with Crippen molar-refractivity contribution < 1.29 is 27.0 Å². The molecule has 1 N–H and O–H groups in total. The third kappa shape index (κ3) is 10.7. The van der Waals surface area contributed by atoms with Crippen molar-refractivity contribution in [3.05, 3.63) is 0 Å². The molecule has 6 nitrogen and oxygen atoms in total. The van der Waals surface area contributed by atoms with Crippen LogP contribution in [0.2, 0.25) is 0 Å². The van der Waals surface area contributed by atoms with Crippen LogP contribution in [0.25, 0.3) is 0 Å². The molecule has 0 aliphatic carbocycles. The summed E-state index contributed by atoms with van der Waals surface area (Å²) >= 11 is 0. The summed E-state index contributed by atoms with van der Waals surface area (Å²) in [6, 6.07) is 0. The van der Waals surface area contributed by atoms with Crippen molar-refractivity contribution in [3.8, 4) is 0 Å². The third-order valence-electron chi connectivity index (χ3n) is 4.08. The topological polar surface area (TPSA) is 80.7 Å². The summed E-state index contributed by atoms with van der Waals surface area (Å²) in [5, 5.41) is 0. The maximum absolute atomic E-state index is 11.4. The van der Waals surface area contributed by atoms with E-state index in [-0.39, 0.29) is 11.7 Å². The summed E-state index contributed by atoms with van der Waals surface area (Å²) in [7, 11) is -3.89. The number of hydrogen-bond donors (Lipinski definition) is 1. The van der Waals surface area contributed by atoms with E-state index in [1.54, 1.807) is 0 Å². The number of carbonyl (C=O) groups is 1. The van der Waals surface area contributed by atoms with Crippen molar-refractivity contribution >= 4 is 16.1 Å². The molecule has 0 saturated carbocycles. The predicted molar refractivity (Wildman–Crippen MR) is 91.8 cm³/mol. The van der Waals surface area contributed by atoms with E-state index < -0.39 is 10.1 Å². The van der Waals surface area contributed by atoms with Crippen LogP contribution in [0.1, 0.15) is 59.3 Å². The van der Waals surface area contributed by atoms with Crippen LogP contribution < -0.4 is 0 Å². The molecule has 1 aliphatic heterocycles. The van der Waals surface area contributed by atoms with E-state index in [1.807, 2.05) is 20.8 Å². The first-order valence-electron chi connectivity index (χ1n) is 8.83. The number of esters is 1. The molecule has 1 fully saturated rings. The number of piperidine rings is 1. The average Bonchev–Trinajstić information content (AvgIpc) is 2.49. The van der Waals surface area contributed by atoms with E-state index in [0.717, 1.165) is 43.4 Å². The number of likely N-dealkylation sites (tertiary alicyclic amines) is 1. The Morgan fingerprint density at radius 1 is 1.13 bits per heavy atom. The van der Waals surface area contributed by atoms with Crippen molar-refractivity contribution in [2.45, 2.75) is 59.3 Å². The normalized spacial score (nSPS) is 17.0. The molecule has 1 rings (SSSR count). The lowest BCUT2D eigenvalue weighted by Gasteiger charge is -2.41. The number of ether oxygens (including phenoxy) is 1. The molecule has 0 aromatic carbocycles. The van der Waals surface area contributed by atoms with Crippen molar-refractivity contribution in [1.82, 2.24) is 0 Å². The van der Waals surface area contributed by atoms with Gasteiger partial charge in [-0.25, -0.2) is 0 Å². The second-order valence-electron chi connectivity index (χ2n) is 5.91. The molecule has 0 amide bonds. The Kier molecular flexibility index (Phi) is 11.5. The minimum absolute atomic E-state index is 0.161. The third-order valence-corrected chi connectivity index (χ3v) is 4.89. The van der Waals surface area contributed by atoms with Crippen LogP contribution in [0.4, 0.5) is 0 Å². The smallest absolute Gasteiger partial charge is 0.305 e. The Hall–Kier alpha value is -0.660. The van der Waals surface area contributed by atoms with Crippen LogP contribution in [0.3, 0.4) is 0 Å². The number of carbonyl (C=O) groups excluding carboxylic acids is 1. The number of hydrogen-bond acceptors (Lipinski definition) is 4. The van der Waals surface area contributed by atoms with Gasteiger partial charge in [-0.1, -0.05) is 20.8 Å². The first-order chi connectivity index (χ1) is 10.9. The summed E-state index contributed by atoms with van der Waals surface area (Å²) < 4.78 is 36.5. The Labute approximate surface area is 141 Å². The lowest BCUT2D eigenvalue weighted by Crippen LogP contribution is -2.54. The molecule has 0 aromatic rings. The highest BCUT2D eigenvalue weighted by Crippen LogP contribution is 2.19. The summed E-state index contributed by atoms with van der Waals surface area (Å²) in [5.41, 5.74) is 0. The van der Waals surface area contributed by atoms with Gasteiger partial charge < -0.3 is 9.22 Å². The summed E-state index contributed by atoms with van der Waals surface area (Å²) in [5.74, 6) is -0.353. The van der Waals surface area contributed by atoms with E-state index in [9.17, 15) is 13.2 Å². The molecule has 0 unspecified atom stereocenters. The predicted octanol–water partition coefficient (Wildman–Crippen LogP) is 2.63. The number of quaternary nitrogens is 1. The molecular formula is C16H34NO5S+. The molecule has 138 valence electrons. The van der Waals surface area contributed by atoms with Crippen LogP contribution in [-0.2, 0) is 19.6 Å². The van der Waals surface area contributed by atoms with Crippen molar-refractivity contribution in [2.75, 3.05) is 38.5 Å². The fourth-order valence-electron chi connectivity index (χ4n) is 2.95. The van der Waals surface area contributed by atoms with Gasteiger partial charge in [0.25, 0.3) is 10.1 Å². The molecule has 0 aromatic heterocycles. The van der Waals surface area contributed by atoms with Crippen molar-refractivity contribution in [2.24, 2.45) is 0 Å². The zero-order valence-corrected chi connectivity index (χ0v) is 15.7. The number of rotatable bonds is 9. The first kappa shape index (κ1) is 22.3. The van der Waals surface area contributed by atoms with Crippen LogP contribution in [-0.4, -0.2) is 62.0 Å². The Balaban J connectivity index is 0.00000232. The van der Waals surface area contributed by atoms with Gasteiger partial charge in [0.15, 0.2) is 0 Å². The fraction of sp³-hybridized carbons (Fsp3) is 0.938. The zero-order valence-electron chi connectivity index (χ0n) is 14.9. The van der Waals surface area contributed by atoms with E-state index >= 15 is 0 Å². The average molecular weight is 353 g/mol. The van der Waals surface area contributed by atoms with Crippen LogP contribution in [0.15, 0.2) is 0 Å². The van der Waals surface area contributed by atoms with Gasteiger partial charge in [-0.3, -0.25) is 9.35 Å². The van der Waals surface area contributed by atoms with E-state index in [4.69, 9.17) is 9.29 Å². The molecule has 0 radical (unpaired) electrons. The molecule has 7 heteroatoms. The maximum Gasteiger partial charge on any atom is 0.305 e. The molecule has 1 heterocycles. The van der Waals surface area contributed by atoms with Crippen LogP contribution in [0, 0.1) is 0 Å². The maximum atomic E-state index is 11.4. The standard InChI is InChI=1S/C14H27NO5S.C2H6/c1-2-7-14(16)20-12-11-15(8-4-3-5-9-15)10-6-13-21(17,18)19;1-2/h2-13H2,1H3;1-2H3/p+1. The Morgan fingerprint density at radius 3 is 2.26 bits per heavy atom. The van der Waals surface area contributed by atoms with Crippen LogP contribution in [0.5, 0.6) is 0 Å². The van der Waals surface area contributed by atoms with Gasteiger partial charge in [0, 0.05) is 12.8 Å². The highest BCUT2D eigenvalue weighted by atomic mass is 32.2. The molecule has 1 saturated heterocycles. The molecule has 0 spiro atoms. The zero-order chi connectivity index (χ0) is 17.8.